The molecule has 0 saturated carbocycles. The molecule has 0 aromatic rings. The van der Waals surface area contributed by atoms with E-state index in [4.69, 9.17) is 14.8 Å². The number of nitrogens with two attached hydrogens (primary N) is 1. The predicted octanol–water partition coefficient (Wildman–Crippen LogP) is 1.06. The molecule has 0 radical (unpaired) electrons. The second-order valence-electron chi connectivity index (χ2n) is 6.17. The summed E-state index contributed by atoms with van der Waals surface area (Å²) in [6, 6.07) is 0. The Labute approximate surface area is 107 Å². The van der Waals surface area contributed by atoms with Gasteiger partial charge in [0.15, 0.2) is 0 Å². The zero-order valence-corrected chi connectivity index (χ0v) is 12.0. The Hall–Kier alpha value is -0.420. The molecule has 0 aliphatic carbocycles. The predicted molar refractivity (Wildman–Crippen MR) is 67.0 cm³/mol. The highest BCUT2D eigenvalue weighted by atomic mass is 31.2. The van der Waals surface area contributed by atoms with E-state index in [0.717, 1.165) is 0 Å². The third-order valence-corrected chi connectivity index (χ3v) is 6.12. The van der Waals surface area contributed by atoms with Gasteiger partial charge in [-0.1, -0.05) is 13.8 Å². The van der Waals surface area contributed by atoms with Gasteiger partial charge >= 0.3 is 7.60 Å². The topological polar surface area (TPSA) is 90.7 Å². The van der Waals surface area contributed by atoms with E-state index in [1.165, 1.54) is 0 Å². The summed E-state index contributed by atoms with van der Waals surface area (Å²) in [5.74, 6) is -0.696. The molecule has 3 N–H and O–H groups in total. The smallest absolute Gasteiger partial charge is 0.350 e. The van der Waals surface area contributed by atoms with Crippen molar-refractivity contribution in [2.75, 3.05) is 19.8 Å². The van der Waals surface area contributed by atoms with E-state index in [1.807, 2.05) is 13.8 Å². The van der Waals surface area contributed by atoms with Crippen LogP contribution in [0.15, 0.2) is 0 Å². The van der Waals surface area contributed by atoms with E-state index in [1.54, 1.807) is 6.92 Å². The first-order valence-corrected chi connectivity index (χ1v) is 7.65. The second-order valence-corrected chi connectivity index (χ2v) is 8.67. The van der Waals surface area contributed by atoms with Crippen molar-refractivity contribution in [1.29, 1.82) is 0 Å². The lowest BCUT2D eigenvalue weighted by atomic mass is 9.97. The molecule has 0 bridgehead atoms. The fourth-order valence-corrected chi connectivity index (χ4v) is 4.67. The van der Waals surface area contributed by atoms with Gasteiger partial charge in [0, 0.05) is 12.0 Å². The lowest BCUT2D eigenvalue weighted by Crippen LogP contribution is -2.42. The normalized spacial score (nSPS) is 38.5. The van der Waals surface area contributed by atoms with E-state index in [0.29, 0.717) is 26.2 Å². The van der Waals surface area contributed by atoms with E-state index >= 15 is 0 Å². The van der Waals surface area contributed by atoms with Crippen LogP contribution in [0.5, 0.6) is 0 Å². The largest absolute Gasteiger partial charge is 0.369 e. The van der Waals surface area contributed by atoms with Crippen molar-refractivity contribution in [2.24, 2.45) is 17.1 Å². The molecule has 1 amide bonds. The molecule has 2 atom stereocenters. The summed E-state index contributed by atoms with van der Waals surface area (Å²) < 4.78 is 23.8. The molecule has 2 saturated heterocycles. The van der Waals surface area contributed by atoms with Crippen LogP contribution in [0.1, 0.15) is 27.2 Å². The number of carbonyl (C=O) groups is 1. The Morgan fingerprint density at radius 3 is 2.33 bits per heavy atom. The van der Waals surface area contributed by atoms with Crippen molar-refractivity contribution < 1.29 is 18.4 Å². The zero-order chi connectivity index (χ0) is 13.6. The maximum atomic E-state index is 12.8. The van der Waals surface area contributed by atoms with Gasteiger partial charge in [0.05, 0.1) is 19.1 Å². The lowest BCUT2D eigenvalue weighted by Gasteiger charge is -2.40. The van der Waals surface area contributed by atoms with Crippen LogP contribution >= 0.6 is 7.60 Å². The summed E-state index contributed by atoms with van der Waals surface area (Å²) in [6.07, 6.45) is 0.389. The average Bonchev–Trinajstić information content (AvgIpc) is 2.68. The number of carbonyl (C=O) groups excluding carboxylic acids is 1. The van der Waals surface area contributed by atoms with Crippen molar-refractivity contribution in [3.05, 3.63) is 0 Å². The van der Waals surface area contributed by atoms with E-state index in [-0.39, 0.29) is 17.2 Å². The van der Waals surface area contributed by atoms with Crippen LogP contribution in [0, 0.1) is 11.3 Å². The molecule has 2 unspecified atom stereocenters. The number of rotatable bonds is 2. The highest BCUT2D eigenvalue weighted by Crippen LogP contribution is 2.65. The summed E-state index contributed by atoms with van der Waals surface area (Å²) in [7, 11) is -3.25. The maximum absolute atomic E-state index is 12.8. The van der Waals surface area contributed by atoms with E-state index in [2.05, 4.69) is 5.32 Å². The maximum Gasteiger partial charge on any atom is 0.350 e. The highest BCUT2D eigenvalue weighted by Gasteiger charge is 2.55. The first kappa shape index (κ1) is 14.0. The van der Waals surface area contributed by atoms with Crippen molar-refractivity contribution in [2.45, 2.75) is 32.5 Å². The first-order valence-electron chi connectivity index (χ1n) is 6.11. The number of primary amides is 1. The molecule has 7 heteroatoms. The first-order chi connectivity index (χ1) is 8.18. The monoisotopic (exact) mass is 276 g/mol. The number of amides is 1. The van der Waals surface area contributed by atoms with Crippen LogP contribution in [0.4, 0.5) is 0 Å². The molecule has 2 aliphatic rings. The molecule has 0 aromatic carbocycles. The SMILES string of the molecule is CC1(C)COP(=O)(C2(C)CC(C(N)=O)CN2)OC1. The van der Waals surface area contributed by atoms with Crippen LogP contribution in [0.2, 0.25) is 0 Å². The van der Waals surface area contributed by atoms with Crippen LogP contribution in [-0.2, 0) is 18.4 Å². The minimum Gasteiger partial charge on any atom is -0.369 e. The van der Waals surface area contributed by atoms with Crippen LogP contribution in [0.3, 0.4) is 0 Å². The van der Waals surface area contributed by atoms with Gasteiger partial charge in [-0.3, -0.25) is 9.36 Å². The standard InChI is InChI=1S/C11H21N2O4P/c1-10(2)6-16-18(15,17-7-10)11(3)4-8(5-13-11)9(12)14/h8,13H,4-7H2,1-3H3,(H2,12,14). The van der Waals surface area contributed by atoms with Gasteiger partial charge in [0.2, 0.25) is 5.91 Å². The number of hydrogen-bond donors (Lipinski definition) is 2. The van der Waals surface area contributed by atoms with Gasteiger partial charge in [0.1, 0.15) is 5.28 Å². The molecule has 2 aliphatic heterocycles. The minimum atomic E-state index is -3.25. The zero-order valence-electron chi connectivity index (χ0n) is 11.1. The van der Waals surface area contributed by atoms with Gasteiger partial charge in [-0.25, -0.2) is 0 Å². The molecule has 18 heavy (non-hydrogen) atoms. The average molecular weight is 276 g/mol. The minimum absolute atomic E-state index is 0.133. The Kier molecular flexibility index (Phi) is 3.35. The van der Waals surface area contributed by atoms with E-state index in [9.17, 15) is 9.36 Å². The third kappa shape index (κ3) is 2.35. The molecule has 2 fully saturated rings. The third-order valence-electron chi connectivity index (χ3n) is 3.63. The molecule has 2 rings (SSSR count). The summed E-state index contributed by atoms with van der Waals surface area (Å²) in [5, 5.41) is 2.27. The lowest BCUT2D eigenvalue weighted by molar-refractivity contribution is -0.121. The summed E-state index contributed by atoms with van der Waals surface area (Å²) in [4.78, 5) is 11.2. The van der Waals surface area contributed by atoms with Gasteiger partial charge < -0.3 is 20.1 Å². The van der Waals surface area contributed by atoms with Gasteiger partial charge in [-0.05, 0) is 13.3 Å². The summed E-state index contributed by atoms with van der Waals surface area (Å²) in [5.41, 5.74) is 5.15. The molecule has 2 heterocycles. The molecular weight excluding hydrogens is 255 g/mol. The van der Waals surface area contributed by atoms with Gasteiger partial charge in [-0.15, -0.1) is 0 Å². The summed E-state index contributed by atoms with van der Waals surface area (Å²) in [6.45, 7) is 6.97. The van der Waals surface area contributed by atoms with Crippen molar-refractivity contribution in [3.8, 4) is 0 Å². The van der Waals surface area contributed by atoms with E-state index < -0.39 is 12.9 Å². The highest BCUT2D eigenvalue weighted by molar-refractivity contribution is 7.55. The van der Waals surface area contributed by atoms with Gasteiger partial charge in [0.25, 0.3) is 0 Å². The summed E-state index contributed by atoms with van der Waals surface area (Å²) >= 11 is 0. The Morgan fingerprint density at radius 1 is 1.33 bits per heavy atom. The van der Waals surface area contributed by atoms with Crippen molar-refractivity contribution in [3.63, 3.8) is 0 Å². The van der Waals surface area contributed by atoms with Crippen LogP contribution in [0.25, 0.3) is 0 Å². The number of nitrogens with one attached hydrogen (secondary N) is 1. The Morgan fingerprint density at radius 2 is 1.89 bits per heavy atom. The fraction of sp³-hybridized carbons (Fsp3) is 0.909. The molecule has 0 spiro atoms. The number of hydrogen-bond acceptors (Lipinski definition) is 5. The fourth-order valence-electron chi connectivity index (χ4n) is 2.26. The van der Waals surface area contributed by atoms with Crippen molar-refractivity contribution >= 4 is 13.5 Å². The molecular formula is C11H21N2O4P. The van der Waals surface area contributed by atoms with Crippen LogP contribution < -0.4 is 11.1 Å². The van der Waals surface area contributed by atoms with Crippen LogP contribution in [-0.4, -0.2) is 30.9 Å². The quantitative estimate of drug-likeness (QED) is 0.736. The van der Waals surface area contributed by atoms with Gasteiger partial charge in [-0.2, -0.15) is 0 Å². The van der Waals surface area contributed by atoms with Crippen molar-refractivity contribution in [1.82, 2.24) is 5.32 Å². The molecule has 6 nitrogen and oxygen atoms in total. The molecule has 104 valence electrons. The Bertz CT molecular complexity index is 398. The molecule has 0 aromatic heterocycles. The Balaban J connectivity index is 2.12. The second kappa shape index (κ2) is 4.30.